The van der Waals surface area contributed by atoms with Crippen molar-refractivity contribution in [3.05, 3.63) is 0 Å². The predicted molar refractivity (Wildman–Crippen MR) is 66.2 cm³/mol. The van der Waals surface area contributed by atoms with Crippen LogP contribution in [0.5, 0.6) is 0 Å². The minimum atomic E-state index is -0.190. The van der Waals surface area contributed by atoms with E-state index < -0.39 is 0 Å². The van der Waals surface area contributed by atoms with Gasteiger partial charge in [-0.25, -0.2) is 0 Å². The average molecular weight is 227 g/mol. The quantitative estimate of drug-likeness (QED) is 0.703. The van der Waals surface area contributed by atoms with Crippen LogP contribution in [0.15, 0.2) is 0 Å². The second kappa shape index (κ2) is 6.86. The van der Waals surface area contributed by atoms with Gasteiger partial charge in [-0.2, -0.15) is 0 Å². The molecule has 0 saturated carbocycles. The Balaban J connectivity index is 2.66. The average Bonchev–Trinajstić information content (AvgIpc) is 2.29. The molecule has 0 aromatic heterocycles. The molecule has 0 spiro atoms. The van der Waals surface area contributed by atoms with Crippen molar-refractivity contribution in [1.29, 1.82) is 0 Å². The van der Waals surface area contributed by atoms with E-state index in [0.29, 0.717) is 12.6 Å². The molecule has 1 fully saturated rings. The molecule has 0 aliphatic carbocycles. The molecule has 0 bridgehead atoms. The molecule has 1 atom stereocenters. The summed E-state index contributed by atoms with van der Waals surface area (Å²) in [7, 11) is 0. The first-order chi connectivity index (χ1) is 7.70. The minimum Gasteiger partial charge on any atom is -0.368 e. The molecule has 1 saturated heterocycles. The highest BCUT2D eigenvalue weighted by Gasteiger charge is 2.31. The van der Waals surface area contributed by atoms with Crippen molar-refractivity contribution in [3.63, 3.8) is 0 Å². The first kappa shape index (κ1) is 13.5. The summed E-state index contributed by atoms with van der Waals surface area (Å²) in [5, 5.41) is 3.24. The number of nitrogens with zero attached hydrogens (tertiary/aromatic N) is 1. The number of piperazine rings is 1. The van der Waals surface area contributed by atoms with Gasteiger partial charge in [0.15, 0.2) is 0 Å². The van der Waals surface area contributed by atoms with Crippen LogP contribution in [-0.2, 0) is 4.79 Å². The molecule has 3 N–H and O–H groups in total. The van der Waals surface area contributed by atoms with E-state index in [1.165, 1.54) is 12.8 Å². The van der Waals surface area contributed by atoms with Gasteiger partial charge in [-0.05, 0) is 12.8 Å². The molecule has 0 aromatic carbocycles. The summed E-state index contributed by atoms with van der Waals surface area (Å²) in [6.07, 6.45) is 4.66. The summed E-state index contributed by atoms with van der Waals surface area (Å²) in [5.41, 5.74) is 5.47. The number of carbonyl (C=O) groups excluding carboxylic acids is 1. The molecule has 16 heavy (non-hydrogen) atoms. The third-order valence-electron chi connectivity index (χ3n) is 3.33. The van der Waals surface area contributed by atoms with Gasteiger partial charge >= 0.3 is 0 Å². The van der Waals surface area contributed by atoms with Gasteiger partial charge in [0.1, 0.15) is 6.04 Å². The Labute approximate surface area is 98.6 Å². The fourth-order valence-electron chi connectivity index (χ4n) is 2.56. The molecule has 0 aromatic rings. The van der Waals surface area contributed by atoms with Crippen LogP contribution in [0, 0.1) is 0 Å². The van der Waals surface area contributed by atoms with Gasteiger partial charge < -0.3 is 11.1 Å². The fraction of sp³-hybridized carbons (Fsp3) is 0.917. The van der Waals surface area contributed by atoms with Gasteiger partial charge in [-0.3, -0.25) is 9.69 Å². The Morgan fingerprint density at radius 3 is 2.56 bits per heavy atom. The highest BCUT2D eigenvalue weighted by Crippen LogP contribution is 2.17. The van der Waals surface area contributed by atoms with Crippen LogP contribution in [-0.4, -0.2) is 42.5 Å². The molecule has 1 aliphatic heterocycles. The highest BCUT2D eigenvalue weighted by atomic mass is 16.1. The Morgan fingerprint density at radius 2 is 2.06 bits per heavy atom. The first-order valence-electron chi connectivity index (χ1n) is 6.46. The van der Waals surface area contributed by atoms with Gasteiger partial charge in [0.2, 0.25) is 5.91 Å². The Morgan fingerprint density at radius 1 is 1.44 bits per heavy atom. The maximum Gasteiger partial charge on any atom is 0.236 e. The Hall–Kier alpha value is -0.610. The van der Waals surface area contributed by atoms with Crippen LogP contribution < -0.4 is 11.1 Å². The molecule has 1 heterocycles. The van der Waals surface area contributed by atoms with Crippen molar-refractivity contribution >= 4 is 5.91 Å². The standard InChI is InChI=1S/C12H25N3O/c1-3-5-10(6-4-2)15-8-7-14-9-11(15)12(13)16/h10-11,14H,3-9H2,1-2H3,(H2,13,16). The summed E-state index contributed by atoms with van der Waals surface area (Å²) in [4.78, 5) is 13.7. The molecular weight excluding hydrogens is 202 g/mol. The van der Waals surface area contributed by atoms with Gasteiger partial charge in [0.25, 0.3) is 0 Å². The SMILES string of the molecule is CCCC(CCC)N1CCNCC1C(N)=O. The van der Waals surface area contributed by atoms with E-state index >= 15 is 0 Å². The number of nitrogens with two attached hydrogens (primary N) is 1. The number of hydrogen-bond donors (Lipinski definition) is 2. The normalized spacial score (nSPS) is 22.6. The number of primary amides is 1. The third-order valence-corrected chi connectivity index (χ3v) is 3.33. The summed E-state index contributed by atoms with van der Waals surface area (Å²) >= 11 is 0. The zero-order valence-corrected chi connectivity index (χ0v) is 10.5. The van der Waals surface area contributed by atoms with E-state index in [9.17, 15) is 4.79 Å². The summed E-state index contributed by atoms with van der Waals surface area (Å²) < 4.78 is 0. The highest BCUT2D eigenvalue weighted by molar-refractivity contribution is 5.80. The van der Waals surface area contributed by atoms with E-state index in [2.05, 4.69) is 24.1 Å². The van der Waals surface area contributed by atoms with E-state index in [0.717, 1.165) is 25.9 Å². The van der Waals surface area contributed by atoms with Crippen molar-refractivity contribution < 1.29 is 4.79 Å². The smallest absolute Gasteiger partial charge is 0.236 e. The van der Waals surface area contributed by atoms with Crippen molar-refractivity contribution in [1.82, 2.24) is 10.2 Å². The molecule has 1 amide bonds. The van der Waals surface area contributed by atoms with Gasteiger partial charge in [-0.1, -0.05) is 26.7 Å². The summed E-state index contributed by atoms with van der Waals surface area (Å²) in [6, 6.07) is 0.409. The monoisotopic (exact) mass is 227 g/mol. The van der Waals surface area contributed by atoms with Crippen LogP contribution in [0.4, 0.5) is 0 Å². The number of carbonyl (C=O) groups is 1. The molecule has 1 aliphatic rings. The summed E-state index contributed by atoms with van der Waals surface area (Å²) in [5.74, 6) is -0.190. The molecule has 4 heteroatoms. The van der Waals surface area contributed by atoms with Crippen molar-refractivity contribution in [2.45, 2.75) is 51.6 Å². The summed E-state index contributed by atoms with van der Waals surface area (Å²) in [6.45, 7) is 7.01. The number of rotatable bonds is 6. The van der Waals surface area contributed by atoms with E-state index in [1.54, 1.807) is 0 Å². The lowest BCUT2D eigenvalue weighted by Crippen LogP contribution is -2.59. The molecule has 4 nitrogen and oxygen atoms in total. The minimum absolute atomic E-state index is 0.114. The van der Waals surface area contributed by atoms with Crippen LogP contribution in [0.2, 0.25) is 0 Å². The van der Waals surface area contributed by atoms with Crippen LogP contribution in [0.1, 0.15) is 39.5 Å². The Kier molecular flexibility index (Phi) is 5.77. The molecule has 0 radical (unpaired) electrons. The molecule has 94 valence electrons. The first-order valence-corrected chi connectivity index (χ1v) is 6.46. The van der Waals surface area contributed by atoms with Gasteiger partial charge in [-0.15, -0.1) is 0 Å². The predicted octanol–water partition coefficient (Wildman–Crippen LogP) is 0.714. The van der Waals surface area contributed by atoms with Gasteiger partial charge in [0, 0.05) is 25.7 Å². The van der Waals surface area contributed by atoms with Crippen LogP contribution >= 0.6 is 0 Å². The third kappa shape index (κ3) is 3.46. The van der Waals surface area contributed by atoms with Crippen LogP contribution in [0.3, 0.4) is 0 Å². The van der Waals surface area contributed by atoms with Crippen LogP contribution in [0.25, 0.3) is 0 Å². The lowest BCUT2D eigenvalue weighted by atomic mass is 10.0. The second-order valence-electron chi connectivity index (χ2n) is 4.59. The number of nitrogens with one attached hydrogen (secondary N) is 1. The topological polar surface area (TPSA) is 58.4 Å². The number of amides is 1. The maximum atomic E-state index is 11.4. The molecular formula is C12H25N3O. The zero-order chi connectivity index (χ0) is 12.0. The lowest BCUT2D eigenvalue weighted by molar-refractivity contribution is -0.125. The zero-order valence-electron chi connectivity index (χ0n) is 10.5. The van der Waals surface area contributed by atoms with Crippen molar-refractivity contribution in [3.8, 4) is 0 Å². The maximum absolute atomic E-state index is 11.4. The van der Waals surface area contributed by atoms with E-state index in [4.69, 9.17) is 5.73 Å². The van der Waals surface area contributed by atoms with Crippen molar-refractivity contribution in [2.75, 3.05) is 19.6 Å². The second-order valence-corrected chi connectivity index (χ2v) is 4.59. The van der Waals surface area contributed by atoms with Crippen molar-refractivity contribution in [2.24, 2.45) is 5.73 Å². The molecule has 1 unspecified atom stereocenters. The van der Waals surface area contributed by atoms with Gasteiger partial charge in [0.05, 0.1) is 0 Å². The number of hydrogen-bond acceptors (Lipinski definition) is 3. The van der Waals surface area contributed by atoms with E-state index in [-0.39, 0.29) is 11.9 Å². The largest absolute Gasteiger partial charge is 0.368 e. The fourth-order valence-corrected chi connectivity index (χ4v) is 2.56. The lowest BCUT2D eigenvalue weighted by Gasteiger charge is -2.40. The molecule has 1 rings (SSSR count). The van der Waals surface area contributed by atoms with E-state index in [1.807, 2.05) is 0 Å². The Bertz CT molecular complexity index is 214.